The van der Waals surface area contributed by atoms with Gasteiger partial charge in [0.25, 0.3) is 0 Å². The largest absolute Gasteiger partial charge is 0.294 e. The van der Waals surface area contributed by atoms with Crippen molar-refractivity contribution >= 4 is 35.2 Å². The lowest BCUT2D eigenvalue weighted by Crippen LogP contribution is -2.14. The van der Waals surface area contributed by atoms with Gasteiger partial charge in [-0.1, -0.05) is 11.6 Å². The number of aromatic nitrogens is 3. The lowest BCUT2D eigenvalue weighted by molar-refractivity contribution is -0.113. The normalized spacial score (nSPS) is 10.2. The number of hydrogen-bond donors (Lipinski definition) is 2. The van der Waals surface area contributed by atoms with E-state index < -0.39 is 0 Å². The molecule has 0 saturated carbocycles. The highest BCUT2D eigenvalue weighted by Crippen LogP contribution is 2.20. The number of amides is 1. The Hall–Kier alpha value is -1.53. The standard InChI is InChI=1S/C10H9ClN4OS/c11-7-1-3-8(4-2-7)17-5-9(16)14-10-12-6-13-15-10/h1-4,6H,5H2,(H2,12,13,14,15,16). The van der Waals surface area contributed by atoms with E-state index in [4.69, 9.17) is 11.6 Å². The summed E-state index contributed by atoms with van der Waals surface area (Å²) in [6.07, 6.45) is 1.34. The molecule has 5 nitrogen and oxygen atoms in total. The third-order valence-corrected chi connectivity index (χ3v) is 3.12. The second kappa shape index (κ2) is 5.70. The molecule has 7 heteroatoms. The van der Waals surface area contributed by atoms with Gasteiger partial charge in [0.15, 0.2) is 0 Å². The number of carbonyl (C=O) groups is 1. The molecular weight excluding hydrogens is 260 g/mol. The van der Waals surface area contributed by atoms with Crippen LogP contribution in [-0.2, 0) is 4.79 Å². The number of hydrogen-bond acceptors (Lipinski definition) is 4. The molecule has 88 valence electrons. The number of thioether (sulfide) groups is 1. The van der Waals surface area contributed by atoms with Crippen molar-refractivity contribution in [1.82, 2.24) is 15.2 Å². The topological polar surface area (TPSA) is 70.7 Å². The monoisotopic (exact) mass is 268 g/mol. The Kier molecular flexibility index (Phi) is 4.00. The van der Waals surface area contributed by atoms with E-state index >= 15 is 0 Å². The molecule has 0 bridgehead atoms. The van der Waals surface area contributed by atoms with Gasteiger partial charge in [0.2, 0.25) is 11.9 Å². The Morgan fingerprint density at radius 2 is 2.18 bits per heavy atom. The predicted molar refractivity (Wildman–Crippen MR) is 67.2 cm³/mol. The van der Waals surface area contributed by atoms with Gasteiger partial charge in [0.1, 0.15) is 6.33 Å². The number of anilines is 1. The van der Waals surface area contributed by atoms with E-state index in [1.165, 1.54) is 18.1 Å². The average molecular weight is 269 g/mol. The van der Waals surface area contributed by atoms with E-state index in [0.29, 0.717) is 16.7 Å². The maximum Gasteiger partial charge on any atom is 0.237 e. The zero-order chi connectivity index (χ0) is 12.1. The molecule has 0 aliphatic rings. The molecule has 2 aromatic rings. The maximum atomic E-state index is 11.5. The number of nitrogens with one attached hydrogen (secondary N) is 2. The molecule has 0 unspecified atom stereocenters. The SMILES string of the molecule is O=C(CSc1ccc(Cl)cc1)Nc1ncn[nH]1. The van der Waals surface area contributed by atoms with Crippen LogP contribution >= 0.6 is 23.4 Å². The van der Waals surface area contributed by atoms with Gasteiger partial charge in [-0.2, -0.15) is 10.1 Å². The summed E-state index contributed by atoms with van der Waals surface area (Å²) in [5.74, 6) is 0.524. The number of halogens is 1. The first kappa shape index (κ1) is 11.9. The third kappa shape index (κ3) is 3.76. The van der Waals surface area contributed by atoms with Gasteiger partial charge in [0, 0.05) is 9.92 Å². The highest BCUT2D eigenvalue weighted by atomic mass is 35.5. The van der Waals surface area contributed by atoms with E-state index in [2.05, 4.69) is 20.5 Å². The minimum absolute atomic E-state index is 0.137. The second-order valence-electron chi connectivity index (χ2n) is 3.12. The molecule has 0 aliphatic heterocycles. The summed E-state index contributed by atoms with van der Waals surface area (Å²) in [5.41, 5.74) is 0. The number of aromatic amines is 1. The Morgan fingerprint density at radius 3 is 2.82 bits per heavy atom. The van der Waals surface area contributed by atoms with Gasteiger partial charge in [-0.15, -0.1) is 11.8 Å². The van der Waals surface area contributed by atoms with Crippen LogP contribution in [0.2, 0.25) is 5.02 Å². The van der Waals surface area contributed by atoms with Gasteiger partial charge >= 0.3 is 0 Å². The van der Waals surface area contributed by atoms with Crippen LogP contribution in [0, 0.1) is 0 Å². The second-order valence-corrected chi connectivity index (χ2v) is 4.61. The smallest absolute Gasteiger partial charge is 0.237 e. The van der Waals surface area contributed by atoms with Gasteiger partial charge in [-0.25, -0.2) is 5.10 Å². The highest BCUT2D eigenvalue weighted by Gasteiger charge is 2.04. The molecule has 2 N–H and O–H groups in total. The highest BCUT2D eigenvalue weighted by molar-refractivity contribution is 8.00. The van der Waals surface area contributed by atoms with Crippen molar-refractivity contribution in [2.45, 2.75) is 4.90 Å². The summed E-state index contributed by atoms with van der Waals surface area (Å²) >= 11 is 7.19. The molecule has 0 fully saturated rings. The fourth-order valence-electron chi connectivity index (χ4n) is 1.11. The Morgan fingerprint density at radius 1 is 1.41 bits per heavy atom. The lowest BCUT2D eigenvalue weighted by Gasteiger charge is -2.01. The van der Waals surface area contributed by atoms with Crippen LogP contribution in [0.3, 0.4) is 0 Å². The molecule has 1 aromatic carbocycles. The number of carbonyl (C=O) groups excluding carboxylic acids is 1. The van der Waals surface area contributed by atoms with Crippen molar-refractivity contribution in [3.8, 4) is 0 Å². The summed E-state index contributed by atoms with van der Waals surface area (Å²) in [7, 11) is 0. The molecule has 1 heterocycles. The fourth-order valence-corrected chi connectivity index (χ4v) is 1.94. The van der Waals surface area contributed by atoms with Crippen LogP contribution < -0.4 is 5.32 Å². The zero-order valence-corrected chi connectivity index (χ0v) is 10.3. The van der Waals surface area contributed by atoms with Gasteiger partial charge < -0.3 is 0 Å². The van der Waals surface area contributed by atoms with Gasteiger partial charge in [-0.3, -0.25) is 10.1 Å². The molecule has 2 rings (SSSR count). The first-order valence-electron chi connectivity index (χ1n) is 4.77. The lowest BCUT2D eigenvalue weighted by atomic mass is 10.4. The molecular formula is C10H9ClN4OS. The molecule has 0 spiro atoms. The Bertz CT molecular complexity index is 486. The van der Waals surface area contributed by atoms with Crippen LogP contribution in [0.4, 0.5) is 5.95 Å². The molecule has 0 atom stereocenters. The van der Waals surface area contributed by atoms with Crippen molar-refractivity contribution in [2.75, 3.05) is 11.1 Å². The van der Waals surface area contributed by atoms with E-state index in [0.717, 1.165) is 4.90 Å². The molecule has 0 radical (unpaired) electrons. The zero-order valence-electron chi connectivity index (χ0n) is 8.68. The first-order chi connectivity index (χ1) is 8.24. The molecule has 17 heavy (non-hydrogen) atoms. The van der Waals surface area contributed by atoms with Crippen LogP contribution in [0.1, 0.15) is 0 Å². The van der Waals surface area contributed by atoms with Crippen molar-refractivity contribution in [3.05, 3.63) is 35.6 Å². The van der Waals surface area contributed by atoms with Gasteiger partial charge in [0.05, 0.1) is 5.75 Å². The summed E-state index contributed by atoms with van der Waals surface area (Å²) in [6, 6.07) is 7.32. The Labute approximate surface area is 107 Å². The number of H-pyrrole nitrogens is 1. The summed E-state index contributed by atoms with van der Waals surface area (Å²) in [4.78, 5) is 16.3. The van der Waals surface area contributed by atoms with Crippen LogP contribution in [0.15, 0.2) is 35.5 Å². The van der Waals surface area contributed by atoms with Crippen LogP contribution in [0.25, 0.3) is 0 Å². The van der Waals surface area contributed by atoms with E-state index in [1.54, 1.807) is 12.1 Å². The number of benzene rings is 1. The summed E-state index contributed by atoms with van der Waals surface area (Å²) in [6.45, 7) is 0. The van der Waals surface area contributed by atoms with Crippen molar-refractivity contribution in [1.29, 1.82) is 0 Å². The molecule has 1 aromatic heterocycles. The van der Waals surface area contributed by atoms with Crippen molar-refractivity contribution < 1.29 is 4.79 Å². The predicted octanol–water partition coefficient (Wildman–Crippen LogP) is 2.19. The van der Waals surface area contributed by atoms with Crippen LogP contribution in [-0.4, -0.2) is 26.8 Å². The van der Waals surface area contributed by atoms with Crippen molar-refractivity contribution in [2.24, 2.45) is 0 Å². The minimum Gasteiger partial charge on any atom is -0.294 e. The molecule has 0 saturated heterocycles. The first-order valence-corrected chi connectivity index (χ1v) is 6.14. The van der Waals surface area contributed by atoms with E-state index in [1.807, 2.05) is 12.1 Å². The summed E-state index contributed by atoms with van der Waals surface area (Å²) in [5, 5.41) is 9.45. The summed E-state index contributed by atoms with van der Waals surface area (Å²) < 4.78 is 0. The third-order valence-electron chi connectivity index (χ3n) is 1.86. The number of rotatable bonds is 4. The maximum absolute atomic E-state index is 11.5. The minimum atomic E-state index is -0.137. The molecule has 0 aliphatic carbocycles. The van der Waals surface area contributed by atoms with E-state index in [-0.39, 0.29) is 5.91 Å². The van der Waals surface area contributed by atoms with E-state index in [9.17, 15) is 4.79 Å². The van der Waals surface area contributed by atoms with Crippen LogP contribution in [0.5, 0.6) is 0 Å². The fraction of sp³-hybridized carbons (Fsp3) is 0.100. The van der Waals surface area contributed by atoms with Gasteiger partial charge in [-0.05, 0) is 24.3 Å². The average Bonchev–Trinajstić information content (AvgIpc) is 2.81. The molecule has 1 amide bonds. The number of nitrogens with zero attached hydrogens (tertiary/aromatic N) is 2. The van der Waals surface area contributed by atoms with Crippen molar-refractivity contribution in [3.63, 3.8) is 0 Å². The Balaban J connectivity index is 1.82. The quantitative estimate of drug-likeness (QED) is 0.834.